The number of hydrogen-bond acceptors (Lipinski definition) is 4. The highest BCUT2D eigenvalue weighted by atomic mass is 19.3. The third kappa shape index (κ3) is 5.78. The van der Waals surface area contributed by atoms with E-state index < -0.39 is 31.0 Å². The van der Waals surface area contributed by atoms with Crippen molar-refractivity contribution in [3.05, 3.63) is 29.7 Å². The fraction of sp³-hybridized carbons (Fsp3) is 0.611. The van der Waals surface area contributed by atoms with Crippen molar-refractivity contribution in [2.75, 3.05) is 13.1 Å². The second-order valence-corrected chi connectivity index (χ2v) is 7.39. The highest BCUT2D eigenvalue weighted by molar-refractivity contribution is 5.75. The quantitative estimate of drug-likeness (QED) is 0.753. The van der Waals surface area contributed by atoms with Crippen LogP contribution in [0.5, 0.6) is 0 Å². The molecular weight excluding hydrogens is 392 g/mol. The summed E-state index contributed by atoms with van der Waals surface area (Å²) >= 11 is 0. The third-order valence-corrected chi connectivity index (χ3v) is 4.80. The predicted octanol–water partition coefficient (Wildman–Crippen LogP) is 2.93. The largest absolute Gasteiger partial charge is 0.332 e. The number of carbonyl (C=O) groups excluding carboxylic acids is 1. The zero-order valence-corrected chi connectivity index (χ0v) is 15.9. The van der Waals surface area contributed by atoms with Gasteiger partial charge in [-0.2, -0.15) is 5.10 Å². The van der Waals surface area contributed by atoms with Crippen LogP contribution in [0, 0.1) is 0 Å². The molecule has 2 amide bonds. The average molecular weight is 416 g/mol. The highest BCUT2D eigenvalue weighted by Gasteiger charge is 2.38. The van der Waals surface area contributed by atoms with Gasteiger partial charge in [0.15, 0.2) is 5.65 Å². The van der Waals surface area contributed by atoms with Gasteiger partial charge in [-0.05, 0) is 24.5 Å². The molecule has 2 aromatic heterocycles. The number of nitrogens with two attached hydrogens (primary N) is 1. The second-order valence-electron chi connectivity index (χ2n) is 7.39. The fourth-order valence-electron chi connectivity index (χ4n) is 3.29. The average Bonchev–Trinajstić information content (AvgIpc) is 3.07. The molecule has 1 saturated carbocycles. The molecule has 7 nitrogen and oxygen atoms in total. The number of imidazole rings is 1. The Morgan fingerprint density at radius 3 is 2.48 bits per heavy atom. The molecular formula is C18H24F4N6O. The Balaban J connectivity index is 0.000000252. The normalized spacial score (nSPS) is 20.7. The van der Waals surface area contributed by atoms with Crippen LogP contribution in [0.3, 0.4) is 0 Å². The number of carbonyl (C=O) groups is 1. The van der Waals surface area contributed by atoms with Crippen LogP contribution in [0.2, 0.25) is 0 Å². The van der Waals surface area contributed by atoms with E-state index in [0.29, 0.717) is 36.3 Å². The van der Waals surface area contributed by atoms with Gasteiger partial charge in [-0.3, -0.25) is 0 Å². The van der Waals surface area contributed by atoms with Crippen molar-refractivity contribution in [3.63, 3.8) is 0 Å². The smallest absolute Gasteiger partial charge is 0.318 e. The van der Waals surface area contributed by atoms with E-state index in [0.717, 1.165) is 11.3 Å². The number of amides is 2. The van der Waals surface area contributed by atoms with Gasteiger partial charge < -0.3 is 16.0 Å². The summed E-state index contributed by atoms with van der Waals surface area (Å²) in [5, 5.41) is 6.30. The van der Waals surface area contributed by atoms with Crippen LogP contribution in [0.1, 0.15) is 43.4 Å². The number of aromatic nitrogens is 3. The van der Waals surface area contributed by atoms with Gasteiger partial charge in [-0.15, -0.1) is 0 Å². The number of rotatable bonds is 3. The van der Waals surface area contributed by atoms with Crippen LogP contribution in [0.25, 0.3) is 5.65 Å². The van der Waals surface area contributed by atoms with Gasteiger partial charge >= 0.3 is 6.03 Å². The van der Waals surface area contributed by atoms with Crippen molar-refractivity contribution in [3.8, 4) is 0 Å². The summed E-state index contributed by atoms with van der Waals surface area (Å²) in [5.74, 6) is -5.25. The zero-order valence-electron chi connectivity index (χ0n) is 15.9. The Hall–Kier alpha value is -2.43. The lowest BCUT2D eigenvalue weighted by atomic mass is 9.97. The van der Waals surface area contributed by atoms with E-state index in [-0.39, 0.29) is 19.4 Å². The minimum absolute atomic E-state index is 0.0513. The molecule has 2 aliphatic rings. The van der Waals surface area contributed by atoms with Crippen molar-refractivity contribution in [1.29, 1.82) is 0 Å². The molecule has 11 heteroatoms. The van der Waals surface area contributed by atoms with Gasteiger partial charge in [0.25, 0.3) is 5.92 Å². The minimum Gasteiger partial charge on any atom is -0.332 e. The Morgan fingerprint density at radius 1 is 1.14 bits per heavy atom. The maximum atomic E-state index is 13.3. The molecule has 0 unspecified atom stereocenters. The van der Waals surface area contributed by atoms with Crippen LogP contribution >= 0.6 is 0 Å². The number of nitrogens with zero attached hydrogens (tertiary/aromatic N) is 4. The van der Waals surface area contributed by atoms with E-state index in [9.17, 15) is 22.4 Å². The molecule has 0 bridgehead atoms. The molecule has 3 heterocycles. The summed E-state index contributed by atoms with van der Waals surface area (Å²) in [6.07, 6.45) is 5.88. The van der Waals surface area contributed by atoms with E-state index in [1.807, 2.05) is 0 Å². The molecule has 2 fully saturated rings. The molecule has 0 radical (unpaired) electrons. The highest BCUT2D eigenvalue weighted by Crippen LogP contribution is 2.32. The first kappa shape index (κ1) is 21.3. The molecule has 1 aliphatic carbocycles. The summed E-state index contributed by atoms with van der Waals surface area (Å²) in [7, 11) is 0. The Bertz CT molecular complexity index is 848. The van der Waals surface area contributed by atoms with Crippen molar-refractivity contribution in [1.82, 2.24) is 24.8 Å². The number of halogens is 4. The molecule has 1 saturated heterocycles. The Morgan fingerprint density at radius 2 is 1.86 bits per heavy atom. The van der Waals surface area contributed by atoms with Crippen molar-refractivity contribution in [2.24, 2.45) is 5.73 Å². The van der Waals surface area contributed by atoms with E-state index in [1.54, 1.807) is 16.8 Å². The van der Waals surface area contributed by atoms with E-state index in [2.05, 4.69) is 15.4 Å². The summed E-state index contributed by atoms with van der Waals surface area (Å²) in [6.45, 7) is -0.887. The number of alkyl halides is 4. The topological polar surface area (TPSA) is 88.5 Å². The van der Waals surface area contributed by atoms with Gasteiger partial charge in [-0.1, -0.05) is 6.42 Å². The number of nitrogens with one attached hydrogen (secondary N) is 1. The SMILES string of the molecule is FC1(F)CCCCC1.NCc1cn2ncc(CN3CC(F)(F)CNC3=O)cc2n1. The number of hydrogen-bond donors (Lipinski definition) is 2. The zero-order chi connectivity index (χ0) is 21.1. The summed E-state index contributed by atoms with van der Waals surface area (Å²) in [6, 6.07) is 1.19. The molecule has 3 N–H and O–H groups in total. The van der Waals surface area contributed by atoms with Crippen LogP contribution in [-0.4, -0.2) is 50.5 Å². The van der Waals surface area contributed by atoms with E-state index in [4.69, 9.17) is 5.73 Å². The van der Waals surface area contributed by atoms with Crippen molar-refractivity contribution in [2.45, 2.75) is 57.0 Å². The maximum Gasteiger partial charge on any atom is 0.318 e. The fourth-order valence-corrected chi connectivity index (χ4v) is 3.29. The molecule has 160 valence electrons. The molecule has 2 aromatic rings. The van der Waals surface area contributed by atoms with Crippen LogP contribution in [0.4, 0.5) is 22.4 Å². The lowest BCUT2D eigenvalue weighted by molar-refractivity contribution is -0.0368. The van der Waals surface area contributed by atoms with Crippen LogP contribution in [0.15, 0.2) is 18.5 Å². The summed E-state index contributed by atoms with van der Waals surface area (Å²) in [4.78, 5) is 16.9. The van der Waals surface area contributed by atoms with Gasteiger partial charge in [0.1, 0.15) is 0 Å². The maximum absolute atomic E-state index is 13.3. The standard InChI is InChI=1S/C12H14F2N6O.C6H10F2/c13-12(14)6-16-11(21)19(7-12)4-8-1-10-18-9(2-15)5-20(10)17-3-8;7-6(8)4-2-1-3-5-6/h1,3,5H,2,4,6-7,15H2,(H,16,21);1-5H2. The lowest BCUT2D eigenvalue weighted by Gasteiger charge is -2.32. The van der Waals surface area contributed by atoms with Crippen LogP contribution in [-0.2, 0) is 13.1 Å². The van der Waals surface area contributed by atoms with E-state index in [1.165, 1.54) is 6.20 Å². The predicted molar refractivity (Wildman–Crippen MR) is 97.7 cm³/mol. The second kappa shape index (κ2) is 8.52. The first-order valence-electron chi connectivity index (χ1n) is 9.49. The van der Waals surface area contributed by atoms with Crippen molar-refractivity contribution < 1.29 is 22.4 Å². The first-order chi connectivity index (χ1) is 13.7. The molecule has 29 heavy (non-hydrogen) atoms. The van der Waals surface area contributed by atoms with Crippen LogP contribution < -0.4 is 11.1 Å². The first-order valence-corrected chi connectivity index (χ1v) is 9.49. The minimum atomic E-state index is -2.93. The third-order valence-electron chi connectivity index (χ3n) is 4.80. The summed E-state index contributed by atoms with van der Waals surface area (Å²) < 4.78 is 52.6. The lowest BCUT2D eigenvalue weighted by Crippen LogP contribution is -2.56. The van der Waals surface area contributed by atoms with E-state index >= 15 is 0 Å². The molecule has 0 aromatic carbocycles. The Kier molecular flexibility index (Phi) is 6.25. The number of fused-ring (bicyclic) bond motifs is 1. The molecule has 0 atom stereocenters. The summed E-state index contributed by atoms with van der Waals surface area (Å²) in [5.41, 5.74) is 7.38. The van der Waals surface area contributed by atoms with Gasteiger partial charge in [0.05, 0.1) is 31.2 Å². The van der Waals surface area contributed by atoms with Gasteiger partial charge in [0, 0.05) is 25.9 Å². The number of urea groups is 1. The molecule has 1 aliphatic heterocycles. The van der Waals surface area contributed by atoms with Gasteiger partial charge in [0.2, 0.25) is 5.92 Å². The molecule has 4 rings (SSSR count). The van der Waals surface area contributed by atoms with Gasteiger partial charge in [-0.25, -0.2) is 31.9 Å². The Labute approximate surface area is 165 Å². The van der Waals surface area contributed by atoms with Crippen molar-refractivity contribution >= 4 is 11.7 Å². The molecule has 0 spiro atoms. The monoisotopic (exact) mass is 416 g/mol.